The van der Waals surface area contributed by atoms with Gasteiger partial charge in [-0.15, -0.1) is 0 Å². The first kappa shape index (κ1) is 23.1. The average molecular weight is 428 g/mol. The molecule has 1 aromatic carbocycles. The molecule has 0 bridgehead atoms. The number of sulfonamides is 1. The van der Waals surface area contributed by atoms with E-state index in [1.165, 1.54) is 28.6 Å². The normalized spacial score (nSPS) is 18.7. The van der Waals surface area contributed by atoms with E-state index in [1.54, 1.807) is 25.7 Å². The lowest BCUT2D eigenvalue weighted by molar-refractivity contribution is -0.384. The molecule has 1 atom stereocenters. The summed E-state index contributed by atoms with van der Waals surface area (Å²) in [5, 5.41) is 10.8. The monoisotopic (exact) mass is 427 g/mol. The zero-order valence-electron chi connectivity index (χ0n) is 17.5. The second-order valence-corrected chi connectivity index (χ2v) is 10.5. The molecule has 1 aliphatic heterocycles. The highest BCUT2D eigenvalue weighted by Gasteiger charge is 2.38. The van der Waals surface area contributed by atoms with Gasteiger partial charge in [-0.25, -0.2) is 13.2 Å². The van der Waals surface area contributed by atoms with Crippen LogP contribution >= 0.6 is 0 Å². The summed E-state index contributed by atoms with van der Waals surface area (Å²) in [6.45, 7) is 9.92. The van der Waals surface area contributed by atoms with Gasteiger partial charge in [0, 0.05) is 37.8 Å². The molecule has 2 rings (SSSR count). The quantitative estimate of drug-likeness (QED) is 0.527. The van der Waals surface area contributed by atoms with E-state index in [4.69, 9.17) is 4.74 Å². The van der Waals surface area contributed by atoms with E-state index in [0.717, 1.165) is 0 Å². The Morgan fingerprint density at radius 2 is 1.83 bits per heavy atom. The number of hydrogen-bond donors (Lipinski definition) is 0. The lowest BCUT2D eigenvalue weighted by atomic mass is 10.0. The van der Waals surface area contributed by atoms with Crippen molar-refractivity contribution >= 4 is 21.8 Å². The van der Waals surface area contributed by atoms with Gasteiger partial charge in [0.15, 0.2) is 0 Å². The summed E-state index contributed by atoms with van der Waals surface area (Å²) in [5.41, 5.74) is -0.801. The zero-order chi connectivity index (χ0) is 22.0. The van der Waals surface area contributed by atoms with Crippen LogP contribution in [0.1, 0.15) is 41.0 Å². The smallest absolute Gasteiger partial charge is 0.410 e. The van der Waals surface area contributed by atoms with Crippen molar-refractivity contribution in [2.45, 2.75) is 57.6 Å². The van der Waals surface area contributed by atoms with Crippen molar-refractivity contribution in [1.82, 2.24) is 9.21 Å². The van der Waals surface area contributed by atoms with Crippen molar-refractivity contribution in [2.75, 3.05) is 19.6 Å². The molecular weight excluding hydrogens is 398 g/mol. The lowest BCUT2D eigenvalue weighted by Crippen LogP contribution is -2.57. The molecule has 29 heavy (non-hydrogen) atoms. The van der Waals surface area contributed by atoms with Crippen molar-refractivity contribution in [3.05, 3.63) is 34.4 Å². The van der Waals surface area contributed by atoms with Gasteiger partial charge in [0.25, 0.3) is 5.69 Å². The van der Waals surface area contributed by atoms with Crippen molar-refractivity contribution in [2.24, 2.45) is 5.92 Å². The largest absolute Gasteiger partial charge is 0.444 e. The van der Waals surface area contributed by atoms with Crippen molar-refractivity contribution < 1.29 is 22.9 Å². The fraction of sp³-hybridized carbons (Fsp3) is 0.632. The van der Waals surface area contributed by atoms with Crippen molar-refractivity contribution in [3.63, 3.8) is 0 Å². The van der Waals surface area contributed by atoms with E-state index < -0.39 is 32.7 Å². The fourth-order valence-electron chi connectivity index (χ4n) is 3.26. The molecule has 1 aromatic rings. The van der Waals surface area contributed by atoms with E-state index in [2.05, 4.69) is 0 Å². The van der Waals surface area contributed by atoms with Crippen LogP contribution in [0.25, 0.3) is 0 Å². The van der Waals surface area contributed by atoms with Gasteiger partial charge in [0.2, 0.25) is 10.0 Å². The topological polar surface area (TPSA) is 110 Å². The molecule has 1 aliphatic rings. The van der Waals surface area contributed by atoms with Crippen LogP contribution in [-0.4, -0.2) is 59.9 Å². The highest BCUT2D eigenvalue weighted by molar-refractivity contribution is 7.89. The molecule has 0 saturated carbocycles. The first-order chi connectivity index (χ1) is 13.3. The Labute approximate surface area is 171 Å². The number of rotatable bonds is 5. The molecule has 0 aromatic heterocycles. The van der Waals surface area contributed by atoms with Gasteiger partial charge in [0.05, 0.1) is 9.82 Å². The Bertz CT molecular complexity index is 846. The summed E-state index contributed by atoms with van der Waals surface area (Å²) in [5.74, 6) is 0.216. The van der Waals surface area contributed by atoms with Gasteiger partial charge in [0.1, 0.15) is 5.60 Å². The van der Waals surface area contributed by atoms with Crippen LogP contribution in [-0.2, 0) is 14.8 Å². The fourth-order valence-corrected chi connectivity index (χ4v) is 4.88. The number of hydrogen-bond acceptors (Lipinski definition) is 6. The van der Waals surface area contributed by atoms with Crippen molar-refractivity contribution in [3.8, 4) is 0 Å². The van der Waals surface area contributed by atoms with Crippen molar-refractivity contribution in [1.29, 1.82) is 0 Å². The number of amides is 1. The Balaban J connectivity index is 2.26. The van der Waals surface area contributed by atoms with Gasteiger partial charge >= 0.3 is 6.09 Å². The molecule has 9 nitrogen and oxygen atoms in total. The summed E-state index contributed by atoms with van der Waals surface area (Å²) in [7, 11) is -3.85. The Kier molecular flexibility index (Phi) is 6.89. The number of carbonyl (C=O) groups is 1. The number of benzene rings is 1. The Hall–Kier alpha value is -2.20. The maximum absolute atomic E-state index is 13.2. The third-order valence-electron chi connectivity index (χ3n) is 4.48. The minimum atomic E-state index is -3.85. The van der Waals surface area contributed by atoms with Crippen LogP contribution in [0.2, 0.25) is 0 Å². The van der Waals surface area contributed by atoms with Crippen LogP contribution in [0.4, 0.5) is 10.5 Å². The van der Waals surface area contributed by atoms with Gasteiger partial charge in [-0.1, -0.05) is 13.8 Å². The van der Waals surface area contributed by atoms with E-state index in [9.17, 15) is 23.3 Å². The molecule has 0 N–H and O–H groups in total. The summed E-state index contributed by atoms with van der Waals surface area (Å²) < 4.78 is 33.2. The van der Waals surface area contributed by atoms with Gasteiger partial charge in [-0.05, 0) is 45.2 Å². The third-order valence-corrected chi connectivity index (χ3v) is 6.44. The Morgan fingerprint density at radius 1 is 1.24 bits per heavy atom. The maximum atomic E-state index is 13.2. The zero-order valence-corrected chi connectivity index (χ0v) is 18.3. The minimum Gasteiger partial charge on any atom is -0.444 e. The number of nitrogens with zero attached hydrogens (tertiary/aromatic N) is 3. The second-order valence-electron chi connectivity index (χ2n) is 8.58. The molecule has 0 radical (unpaired) electrons. The second kappa shape index (κ2) is 8.66. The van der Waals surface area contributed by atoms with Crippen LogP contribution in [0.15, 0.2) is 29.2 Å². The summed E-state index contributed by atoms with van der Waals surface area (Å²) in [6.07, 6.45) is 0.115. The predicted octanol–water partition coefficient (Wildman–Crippen LogP) is 3.25. The van der Waals surface area contributed by atoms with Crippen LogP contribution in [0.5, 0.6) is 0 Å². The number of piperazine rings is 1. The van der Waals surface area contributed by atoms with Gasteiger partial charge < -0.3 is 9.64 Å². The molecular formula is C19H29N3O6S. The number of ether oxygens (including phenoxy) is 1. The molecule has 0 unspecified atom stereocenters. The van der Waals surface area contributed by atoms with E-state index in [0.29, 0.717) is 6.42 Å². The molecule has 1 fully saturated rings. The molecule has 1 amide bonds. The lowest BCUT2D eigenvalue weighted by Gasteiger charge is -2.41. The first-order valence-electron chi connectivity index (χ1n) is 9.55. The summed E-state index contributed by atoms with van der Waals surface area (Å²) >= 11 is 0. The van der Waals surface area contributed by atoms with E-state index in [1.807, 2.05) is 13.8 Å². The average Bonchev–Trinajstić information content (AvgIpc) is 2.59. The first-order valence-corrected chi connectivity index (χ1v) is 11.0. The molecule has 162 valence electrons. The van der Waals surface area contributed by atoms with E-state index in [-0.39, 0.29) is 36.1 Å². The highest BCUT2D eigenvalue weighted by atomic mass is 32.2. The molecule has 0 aliphatic carbocycles. The molecule has 1 saturated heterocycles. The summed E-state index contributed by atoms with van der Waals surface area (Å²) in [4.78, 5) is 24.2. The summed E-state index contributed by atoms with van der Waals surface area (Å²) in [6, 6.07) is 4.46. The third kappa shape index (κ3) is 5.89. The van der Waals surface area contributed by atoms with Crippen LogP contribution in [0, 0.1) is 16.0 Å². The molecule has 1 heterocycles. The SMILES string of the molecule is CC(C)C[C@H]1CN(C(=O)OC(C)(C)C)CCN1S(=O)(=O)c1ccc([N+](=O)[O-])cc1. The number of non-ortho nitro benzene ring substituents is 1. The van der Waals surface area contributed by atoms with Gasteiger partial charge in [-0.2, -0.15) is 4.31 Å². The van der Waals surface area contributed by atoms with Gasteiger partial charge in [-0.3, -0.25) is 10.1 Å². The maximum Gasteiger partial charge on any atom is 0.410 e. The molecule has 10 heteroatoms. The highest BCUT2D eigenvalue weighted by Crippen LogP contribution is 2.27. The van der Waals surface area contributed by atoms with Crippen LogP contribution in [0.3, 0.4) is 0 Å². The van der Waals surface area contributed by atoms with Crippen LogP contribution < -0.4 is 0 Å². The predicted molar refractivity (Wildman–Crippen MR) is 108 cm³/mol. The number of nitro benzene ring substituents is 1. The number of carbonyl (C=O) groups excluding carboxylic acids is 1. The minimum absolute atomic E-state index is 0.00238. The number of nitro groups is 1. The molecule has 0 spiro atoms. The van der Waals surface area contributed by atoms with E-state index >= 15 is 0 Å². The standard InChI is InChI=1S/C19H29N3O6S/c1-14(2)12-16-13-20(18(23)28-19(3,4)5)10-11-21(16)29(26,27)17-8-6-15(7-9-17)22(24)25/h6-9,14,16H,10-13H2,1-5H3/t16-/m0/s1. The Morgan fingerprint density at radius 3 is 2.31 bits per heavy atom.